The Bertz CT molecular complexity index is 447. The molecule has 2 heteroatoms. The normalized spacial score (nSPS) is 15.2. The molecule has 1 aromatic carbocycles. The summed E-state index contributed by atoms with van der Waals surface area (Å²) in [5.41, 5.74) is 2.27. The number of unbranched alkanes of at least 4 members (excludes halogenated alkanes) is 1. The van der Waals surface area contributed by atoms with E-state index in [4.69, 9.17) is 0 Å². The van der Waals surface area contributed by atoms with Crippen molar-refractivity contribution in [3.8, 4) is 0 Å². The third-order valence-corrected chi connectivity index (χ3v) is 3.15. The molecule has 0 aliphatic carbocycles. The van der Waals surface area contributed by atoms with Crippen molar-refractivity contribution in [2.45, 2.75) is 25.7 Å². The smallest absolute Gasteiger partial charge is 0.230 e. The van der Waals surface area contributed by atoms with Crippen LogP contribution in [0.25, 0.3) is 0 Å². The van der Waals surface area contributed by atoms with E-state index in [0.29, 0.717) is 6.42 Å². The quantitative estimate of drug-likeness (QED) is 0.724. The van der Waals surface area contributed by atoms with E-state index >= 15 is 0 Å². The summed E-state index contributed by atoms with van der Waals surface area (Å²) in [6, 6.07) is 10.5. The average molecular weight is 241 g/mol. The van der Waals surface area contributed by atoms with Crippen molar-refractivity contribution in [3.63, 3.8) is 0 Å². The topological polar surface area (TPSA) is 20.3 Å². The van der Waals surface area contributed by atoms with Crippen LogP contribution >= 0.6 is 0 Å². The van der Waals surface area contributed by atoms with Crippen LogP contribution in [0.5, 0.6) is 0 Å². The van der Waals surface area contributed by atoms with Gasteiger partial charge in [0.1, 0.15) is 0 Å². The van der Waals surface area contributed by atoms with Crippen LogP contribution in [0.15, 0.2) is 54.8 Å². The average Bonchev–Trinajstić information content (AvgIpc) is 2.38. The lowest BCUT2D eigenvalue weighted by molar-refractivity contribution is -0.128. The first kappa shape index (κ1) is 12.6. The third kappa shape index (κ3) is 3.59. The summed E-state index contributed by atoms with van der Waals surface area (Å²) in [4.78, 5) is 13.5. The summed E-state index contributed by atoms with van der Waals surface area (Å²) in [6.07, 6.45) is 7.49. The van der Waals surface area contributed by atoms with E-state index < -0.39 is 0 Å². The summed E-state index contributed by atoms with van der Waals surface area (Å²) in [5, 5.41) is 0. The first-order chi connectivity index (χ1) is 8.75. The van der Waals surface area contributed by atoms with Gasteiger partial charge in [0.2, 0.25) is 5.91 Å². The Hall–Kier alpha value is -1.83. The molecule has 2 rings (SSSR count). The number of allylic oxidation sites excluding steroid dienone is 1. The van der Waals surface area contributed by atoms with E-state index in [1.165, 1.54) is 5.56 Å². The fourth-order valence-electron chi connectivity index (χ4n) is 2.09. The Balaban J connectivity index is 1.71. The summed E-state index contributed by atoms with van der Waals surface area (Å²) in [7, 11) is 0. The second-order valence-electron chi connectivity index (χ2n) is 4.68. The Kier molecular flexibility index (Phi) is 4.35. The maximum Gasteiger partial charge on any atom is 0.230 e. The van der Waals surface area contributed by atoms with Gasteiger partial charge < -0.3 is 4.90 Å². The number of amides is 1. The maximum absolute atomic E-state index is 11.7. The molecule has 2 nitrogen and oxygen atoms in total. The summed E-state index contributed by atoms with van der Waals surface area (Å²) in [6.45, 7) is 4.62. The van der Waals surface area contributed by atoms with Gasteiger partial charge in [-0.2, -0.15) is 0 Å². The standard InChI is InChI=1S/C16H19NO/c1-14-10-12-17(16(18)13-14)11-6-5-9-15-7-3-2-4-8-15/h2-4,7-8,10,12H,1,5-6,9,11,13H2. The number of hydrogen-bond donors (Lipinski definition) is 0. The number of rotatable bonds is 5. The fraction of sp³-hybridized carbons (Fsp3) is 0.312. The van der Waals surface area contributed by atoms with Crippen LogP contribution in [-0.2, 0) is 11.2 Å². The molecule has 1 amide bonds. The third-order valence-electron chi connectivity index (χ3n) is 3.15. The molecule has 1 aliphatic rings. The molecule has 0 fully saturated rings. The van der Waals surface area contributed by atoms with Crippen molar-refractivity contribution in [1.82, 2.24) is 4.90 Å². The predicted octanol–water partition coefficient (Wildman–Crippen LogP) is 3.31. The van der Waals surface area contributed by atoms with Crippen molar-refractivity contribution >= 4 is 5.91 Å². The molecule has 1 aliphatic heterocycles. The monoisotopic (exact) mass is 241 g/mol. The van der Waals surface area contributed by atoms with E-state index in [2.05, 4.69) is 30.8 Å². The molecule has 0 bridgehead atoms. The molecule has 94 valence electrons. The highest BCUT2D eigenvalue weighted by Gasteiger charge is 2.14. The van der Waals surface area contributed by atoms with E-state index in [0.717, 1.165) is 31.4 Å². The summed E-state index contributed by atoms with van der Waals surface area (Å²) >= 11 is 0. The van der Waals surface area contributed by atoms with Crippen molar-refractivity contribution in [1.29, 1.82) is 0 Å². The van der Waals surface area contributed by atoms with Gasteiger partial charge in [0.25, 0.3) is 0 Å². The van der Waals surface area contributed by atoms with Gasteiger partial charge in [-0.3, -0.25) is 4.79 Å². The molecule has 0 unspecified atom stereocenters. The minimum atomic E-state index is 0.169. The Morgan fingerprint density at radius 3 is 2.67 bits per heavy atom. The molecule has 0 saturated heterocycles. The number of nitrogens with zero attached hydrogens (tertiary/aromatic N) is 1. The van der Waals surface area contributed by atoms with Crippen LogP contribution in [0, 0.1) is 0 Å². The molecule has 18 heavy (non-hydrogen) atoms. The number of carbonyl (C=O) groups excluding carboxylic acids is 1. The number of aryl methyl sites for hydroxylation is 1. The number of hydrogen-bond acceptors (Lipinski definition) is 1. The van der Waals surface area contributed by atoms with E-state index in [-0.39, 0.29) is 5.91 Å². The van der Waals surface area contributed by atoms with Gasteiger partial charge in [0.05, 0.1) is 6.42 Å². The molecule has 1 aromatic rings. The van der Waals surface area contributed by atoms with Crippen LogP contribution in [-0.4, -0.2) is 17.4 Å². The minimum absolute atomic E-state index is 0.169. The first-order valence-electron chi connectivity index (χ1n) is 6.45. The van der Waals surface area contributed by atoms with Gasteiger partial charge in [-0.05, 0) is 36.5 Å². The number of carbonyl (C=O) groups is 1. The zero-order valence-corrected chi connectivity index (χ0v) is 10.6. The number of benzene rings is 1. The van der Waals surface area contributed by atoms with Crippen LogP contribution in [0.4, 0.5) is 0 Å². The molecule has 0 radical (unpaired) electrons. The zero-order chi connectivity index (χ0) is 12.8. The highest BCUT2D eigenvalue weighted by Crippen LogP contribution is 2.13. The minimum Gasteiger partial charge on any atom is -0.319 e. The molecular formula is C16H19NO. The largest absolute Gasteiger partial charge is 0.319 e. The van der Waals surface area contributed by atoms with E-state index in [9.17, 15) is 4.79 Å². The lowest BCUT2D eigenvalue weighted by Crippen LogP contribution is -2.29. The molecule has 0 atom stereocenters. The van der Waals surface area contributed by atoms with E-state index in [1.807, 2.05) is 18.3 Å². The highest BCUT2D eigenvalue weighted by atomic mass is 16.2. The van der Waals surface area contributed by atoms with Gasteiger partial charge in [-0.25, -0.2) is 0 Å². The zero-order valence-electron chi connectivity index (χ0n) is 10.6. The predicted molar refractivity (Wildman–Crippen MR) is 74.0 cm³/mol. The Morgan fingerprint density at radius 1 is 1.17 bits per heavy atom. The lowest BCUT2D eigenvalue weighted by atomic mass is 10.1. The summed E-state index contributed by atoms with van der Waals surface area (Å²) in [5.74, 6) is 0.169. The van der Waals surface area contributed by atoms with Gasteiger partial charge in [-0.1, -0.05) is 36.9 Å². The second-order valence-corrected chi connectivity index (χ2v) is 4.68. The van der Waals surface area contributed by atoms with Crippen LogP contribution in [0.1, 0.15) is 24.8 Å². The Morgan fingerprint density at radius 2 is 1.94 bits per heavy atom. The van der Waals surface area contributed by atoms with E-state index in [1.54, 1.807) is 4.90 Å². The molecular weight excluding hydrogens is 222 g/mol. The van der Waals surface area contributed by atoms with Crippen molar-refractivity contribution in [2.24, 2.45) is 0 Å². The maximum atomic E-state index is 11.7. The summed E-state index contributed by atoms with van der Waals surface area (Å²) < 4.78 is 0. The SMILES string of the molecule is C=C1C=CN(CCCCc2ccccc2)C(=O)C1. The van der Waals surface area contributed by atoms with Gasteiger partial charge in [0, 0.05) is 12.7 Å². The second kappa shape index (κ2) is 6.20. The lowest BCUT2D eigenvalue weighted by Gasteiger charge is -2.22. The van der Waals surface area contributed by atoms with Gasteiger partial charge >= 0.3 is 0 Å². The Labute approximate surface area is 109 Å². The van der Waals surface area contributed by atoms with Crippen LogP contribution in [0.3, 0.4) is 0 Å². The van der Waals surface area contributed by atoms with Crippen LogP contribution < -0.4 is 0 Å². The van der Waals surface area contributed by atoms with Crippen molar-refractivity contribution in [3.05, 3.63) is 60.3 Å². The molecule has 1 heterocycles. The molecule has 0 spiro atoms. The van der Waals surface area contributed by atoms with Gasteiger partial charge in [-0.15, -0.1) is 0 Å². The fourth-order valence-corrected chi connectivity index (χ4v) is 2.09. The molecule has 0 N–H and O–H groups in total. The van der Waals surface area contributed by atoms with Crippen molar-refractivity contribution in [2.75, 3.05) is 6.54 Å². The molecule has 0 aromatic heterocycles. The first-order valence-corrected chi connectivity index (χ1v) is 6.45. The molecule has 0 saturated carbocycles. The highest BCUT2D eigenvalue weighted by molar-refractivity contribution is 5.81. The van der Waals surface area contributed by atoms with Crippen molar-refractivity contribution < 1.29 is 4.79 Å². The van der Waals surface area contributed by atoms with Gasteiger partial charge in [0.15, 0.2) is 0 Å². The van der Waals surface area contributed by atoms with Crippen LogP contribution in [0.2, 0.25) is 0 Å².